The Labute approximate surface area is 125 Å². The lowest BCUT2D eigenvalue weighted by Gasteiger charge is -2.32. The molecule has 1 fully saturated rings. The normalized spacial score (nSPS) is 18.3. The third-order valence-corrected chi connectivity index (χ3v) is 4.08. The molecule has 114 valence electrons. The summed E-state index contributed by atoms with van der Waals surface area (Å²) in [5.74, 6) is 1.83. The first-order valence-electron chi connectivity index (χ1n) is 7.89. The summed E-state index contributed by atoms with van der Waals surface area (Å²) in [5, 5.41) is 0. The zero-order valence-electron chi connectivity index (χ0n) is 12.7. The van der Waals surface area contributed by atoms with Gasteiger partial charge in [-0.25, -0.2) is 0 Å². The van der Waals surface area contributed by atoms with Crippen molar-refractivity contribution in [2.75, 3.05) is 39.4 Å². The summed E-state index contributed by atoms with van der Waals surface area (Å²) in [6, 6.07) is 0. The van der Waals surface area contributed by atoms with Crippen molar-refractivity contribution in [3.63, 3.8) is 0 Å². The summed E-state index contributed by atoms with van der Waals surface area (Å²) in [6.45, 7) is 11.1. The molecule has 0 amide bonds. The van der Waals surface area contributed by atoms with Gasteiger partial charge in [-0.2, -0.15) is 0 Å². The monoisotopic (exact) mass is 288 g/mol. The van der Waals surface area contributed by atoms with Crippen molar-refractivity contribution < 1.29 is 4.74 Å². The van der Waals surface area contributed by atoms with E-state index >= 15 is 0 Å². The minimum Gasteiger partial charge on any atom is -0.381 e. The first-order chi connectivity index (χ1) is 9.22. The molecule has 3 nitrogen and oxygen atoms in total. The highest BCUT2D eigenvalue weighted by Gasteiger charge is 2.19. The van der Waals surface area contributed by atoms with E-state index in [1.54, 1.807) is 0 Å². The highest BCUT2D eigenvalue weighted by atomic mass is 32.1. The van der Waals surface area contributed by atoms with Crippen LogP contribution in [0.15, 0.2) is 0 Å². The van der Waals surface area contributed by atoms with Crippen LogP contribution in [0.3, 0.4) is 0 Å². The number of nitrogens with zero attached hydrogens (tertiary/aromatic N) is 1. The van der Waals surface area contributed by atoms with Gasteiger partial charge in [0.15, 0.2) is 0 Å². The Kier molecular flexibility index (Phi) is 9.96. The lowest BCUT2D eigenvalue weighted by Crippen LogP contribution is -2.35. The molecular weight excluding hydrogens is 256 g/mol. The molecule has 19 heavy (non-hydrogen) atoms. The molecule has 1 rings (SSSR count). The molecule has 0 aromatic heterocycles. The summed E-state index contributed by atoms with van der Waals surface area (Å²) in [7, 11) is 0. The van der Waals surface area contributed by atoms with Gasteiger partial charge < -0.3 is 9.64 Å². The number of ether oxygens (including phenoxy) is 1. The first kappa shape index (κ1) is 17.3. The van der Waals surface area contributed by atoms with Gasteiger partial charge in [0.1, 0.15) is 0 Å². The molecule has 0 aromatic rings. The Morgan fingerprint density at radius 2 is 1.89 bits per heavy atom. The van der Waals surface area contributed by atoms with Crippen molar-refractivity contribution in [2.45, 2.75) is 46.0 Å². The van der Waals surface area contributed by atoms with Crippen molar-refractivity contribution in [1.82, 2.24) is 9.62 Å². The van der Waals surface area contributed by atoms with Gasteiger partial charge in [0.25, 0.3) is 0 Å². The minimum atomic E-state index is 0.851. The second-order valence-corrected chi connectivity index (χ2v) is 6.46. The molecule has 1 heterocycles. The van der Waals surface area contributed by atoms with Crippen LogP contribution in [0.5, 0.6) is 0 Å². The van der Waals surface area contributed by atoms with Crippen molar-refractivity contribution in [2.24, 2.45) is 11.8 Å². The Morgan fingerprint density at radius 1 is 1.21 bits per heavy atom. The molecular formula is C15H32N2OS. The molecule has 0 saturated carbocycles. The van der Waals surface area contributed by atoms with E-state index < -0.39 is 0 Å². The third kappa shape index (κ3) is 8.90. The quantitative estimate of drug-likeness (QED) is 0.477. The third-order valence-electron chi connectivity index (χ3n) is 3.85. The summed E-state index contributed by atoms with van der Waals surface area (Å²) in [4.78, 5) is 2.61. The van der Waals surface area contributed by atoms with Crippen LogP contribution >= 0.6 is 12.8 Å². The lowest BCUT2D eigenvalue weighted by atomic mass is 9.88. The van der Waals surface area contributed by atoms with Crippen LogP contribution in [-0.2, 0) is 4.74 Å². The average Bonchev–Trinajstić information content (AvgIpc) is 2.39. The molecule has 1 saturated heterocycles. The van der Waals surface area contributed by atoms with Crippen LogP contribution in [0, 0.1) is 11.8 Å². The predicted octanol–water partition coefficient (Wildman–Crippen LogP) is 2.98. The topological polar surface area (TPSA) is 24.5 Å². The summed E-state index contributed by atoms with van der Waals surface area (Å²) < 4.78 is 8.43. The molecule has 0 unspecified atom stereocenters. The van der Waals surface area contributed by atoms with Crippen molar-refractivity contribution in [3.8, 4) is 0 Å². The minimum absolute atomic E-state index is 0.851. The zero-order chi connectivity index (χ0) is 13.9. The highest BCUT2D eigenvalue weighted by molar-refractivity contribution is 7.78. The standard InChI is InChI=1S/C15H32N2OS/c1-14(2)13-15-5-9-17(10-6-15)8-4-12-18-11-3-7-16-19/h14-16,19H,3-13H2,1-2H3. The van der Waals surface area contributed by atoms with E-state index in [9.17, 15) is 0 Å². The number of thiol groups is 1. The maximum absolute atomic E-state index is 5.60. The number of rotatable bonds is 10. The maximum atomic E-state index is 5.60. The molecule has 0 radical (unpaired) electrons. The van der Waals surface area contributed by atoms with Crippen LogP contribution in [0.4, 0.5) is 0 Å². The van der Waals surface area contributed by atoms with E-state index in [0.29, 0.717) is 0 Å². The molecule has 0 aliphatic carbocycles. The van der Waals surface area contributed by atoms with Gasteiger partial charge in [0, 0.05) is 26.3 Å². The fraction of sp³-hybridized carbons (Fsp3) is 1.00. The summed E-state index contributed by atoms with van der Waals surface area (Å²) in [5.41, 5.74) is 0. The fourth-order valence-electron chi connectivity index (χ4n) is 2.86. The summed E-state index contributed by atoms with van der Waals surface area (Å²) in [6.07, 6.45) is 6.42. The molecule has 1 aliphatic heterocycles. The maximum Gasteiger partial charge on any atom is 0.0478 e. The molecule has 0 bridgehead atoms. The second-order valence-electron chi connectivity index (χ2n) is 6.14. The van der Waals surface area contributed by atoms with Crippen LogP contribution in [0.1, 0.15) is 46.0 Å². The van der Waals surface area contributed by atoms with Crippen molar-refractivity contribution >= 4 is 12.8 Å². The molecule has 1 aliphatic rings. The highest BCUT2D eigenvalue weighted by Crippen LogP contribution is 2.23. The van der Waals surface area contributed by atoms with E-state index in [1.165, 1.54) is 45.3 Å². The van der Waals surface area contributed by atoms with Crippen LogP contribution in [-0.4, -0.2) is 44.3 Å². The molecule has 4 heteroatoms. The Balaban J connectivity index is 1.92. The van der Waals surface area contributed by atoms with Crippen molar-refractivity contribution in [3.05, 3.63) is 0 Å². The van der Waals surface area contributed by atoms with Gasteiger partial charge in [0.05, 0.1) is 0 Å². The summed E-state index contributed by atoms with van der Waals surface area (Å²) >= 11 is 3.95. The van der Waals surface area contributed by atoms with E-state index in [0.717, 1.165) is 38.0 Å². The molecule has 0 aromatic carbocycles. The van der Waals surface area contributed by atoms with Crippen LogP contribution < -0.4 is 4.72 Å². The van der Waals surface area contributed by atoms with Gasteiger partial charge >= 0.3 is 0 Å². The van der Waals surface area contributed by atoms with Crippen LogP contribution in [0.25, 0.3) is 0 Å². The Hall–Kier alpha value is 0.230. The van der Waals surface area contributed by atoms with Crippen molar-refractivity contribution in [1.29, 1.82) is 0 Å². The van der Waals surface area contributed by atoms with Crippen LogP contribution in [0.2, 0.25) is 0 Å². The van der Waals surface area contributed by atoms with E-state index in [4.69, 9.17) is 4.74 Å². The smallest absolute Gasteiger partial charge is 0.0478 e. The van der Waals surface area contributed by atoms with Gasteiger partial charge in [-0.3, -0.25) is 4.72 Å². The van der Waals surface area contributed by atoms with Gasteiger partial charge in [-0.05, 0) is 57.0 Å². The Bertz CT molecular complexity index is 206. The Morgan fingerprint density at radius 3 is 2.53 bits per heavy atom. The zero-order valence-corrected chi connectivity index (χ0v) is 13.6. The van der Waals surface area contributed by atoms with E-state index in [2.05, 4.69) is 36.3 Å². The molecule has 0 atom stereocenters. The van der Waals surface area contributed by atoms with E-state index in [1.807, 2.05) is 0 Å². The number of hydrogen-bond acceptors (Lipinski definition) is 4. The first-order valence-corrected chi connectivity index (χ1v) is 8.34. The fourth-order valence-corrected chi connectivity index (χ4v) is 3.02. The lowest BCUT2D eigenvalue weighted by molar-refractivity contribution is 0.109. The molecule has 1 N–H and O–H groups in total. The number of likely N-dealkylation sites (tertiary alicyclic amines) is 1. The molecule has 0 spiro atoms. The SMILES string of the molecule is CC(C)CC1CCN(CCCOCCCNS)CC1. The largest absolute Gasteiger partial charge is 0.381 e. The van der Waals surface area contributed by atoms with Gasteiger partial charge in [-0.15, -0.1) is 0 Å². The number of nitrogens with one attached hydrogen (secondary N) is 1. The number of piperidine rings is 1. The van der Waals surface area contributed by atoms with Gasteiger partial charge in [-0.1, -0.05) is 26.7 Å². The second kappa shape index (κ2) is 11.0. The average molecular weight is 289 g/mol. The van der Waals surface area contributed by atoms with E-state index in [-0.39, 0.29) is 0 Å². The predicted molar refractivity (Wildman–Crippen MR) is 85.7 cm³/mol. The number of hydrogen-bond donors (Lipinski definition) is 2. The van der Waals surface area contributed by atoms with Gasteiger partial charge in [0.2, 0.25) is 0 Å².